The first-order chi connectivity index (χ1) is 9.78. The second kappa shape index (κ2) is 8.25. The molecule has 112 valence electrons. The highest BCUT2D eigenvalue weighted by molar-refractivity contribution is 5.28. The third kappa shape index (κ3) is 5.12. The molecule has 0 spiro atoms. The van der Waals surface area contributed by atoms with E-state index in [9.17, 15) is 5.11 Å². The summed E-state index contributed by atoms with van der Waals surface area (Å²) in [4.78, 5) is 2.34. The standard InChI is InChI=1S/C16H26N2O2/c17-11-14-6-5-7-16(10-14)20-13-15(19)12-18-8-3-1-2-4-9-18/h5-7,10,15,19H,1-4,8-9,11-13,17H2. The molecule has 2 rings (SSSR count). The van der Waals surface area contributed by atoms with Crippen molar-refractivity contribution in [3.05, 3.63) is 29.8 Å². The van der Waals surface area contributed by atoms with E-state index in [4.69, 9.17) is 10.5 Å². The number of likely N-dealkylation sites (tertiary alicyclic amines) is 1. The summed E-state index contributed by atoms with van der Waals surface area (Å²) in [5, 5.41) is 10.1. The van der Waals surface area contributed by atoms with E-state index in [1.165, 1.54) is 25.7 Å². The molecule has 4 nitrogen and oxygen atoms in total. The molecule has 0 aliphatic carbocycles. The molecular weight excluding hydrogens is 252 g/mol. The van der Waals surface area contributed by atoms with Crippen molar-refractivity contribution in [2.24, 2.45) is 5.73 Å². The molecule has 1 saturated heterocycles. The van der Waals surface area contributed by atoms with Gasteiger partial charge >= 0.3 is 0 Å². The SMILES string of the molecule is NCc1cccc(OCC(O)CN2CCCCCC2)c1. The minimum Gasteiger partial charge on any atom is -0.491 e. The number of rotatable bonds is 6. The average molecular weight is 278 g/mol. The summed E-state index contributed by atoms with van der Waals surface area (Å²) in [6.45, 7) is 3.74. The number of hydrogen-bond acceptors (Lipinski definition) is 4. The van der Waals surface area contributed by atoms with Crippen LogP contribution in [0.5, 0.6) is 5.75 Å². The lowest BCUT2D eigenvalue weighted by Gasteiger charge is -2.23. The fourth-order valence-corrected chi connectivity index (χ4v) is 2.62. The average Bonchev–Trinajstić information content (AvgIpc) is 2.74. The first-order valence-electron chi connectivity index (χ1n) is 7.60. The van der Waals surface area contributed by atoms with Crippen molar-refractivity contribution in [2.75, 3.05) is 26.2 Å². The molecule has 20 heavy (non-hydrogen) atoms. The predicted octanol–water partition coefficient (Wildman–Crippen LogP) is 1.76. The number of aliphatic hydroxyl groups is 1. The van der Waals surface area contributed by atoms with Crippen LogP contribution in [0.2, 0.25) is 0 Å². The second-order valence-corrected chi connectivity index (χ2v) is 5.53. The molecule has 0 bridgehead atoms. The van der Waals surface area contributed by atoms with Gasteiger partial charge in [0.25, 0.3) is 0 Å². The molecule has 0 aromatic heterocycles. The van der Waals surface area contributed by atoms with Gasteiger partial charge in [-0.25, -0.2) is 0 Å². The van der Waals surface area contributed by atoms with Crippen LogP contribution in [-0.2, 0) is 6.54 Å². The van der Waals surface area contributed by atoms with Gasteiger partial charge in [0, 0.05) is 13.1 Å². The Morgan fingerprint density at radius 3 is 2.65 bits per heavy atom. The van der Waals surface area contributed by atoms with Gasteiger partial charge in [0.2, 0.25) is 0 Å². The van der Waals surface area contributed by atoms with Gasteiger partial charge in [-0.15, -0.1) is 0 Å². The summed E-state index contributed by atoms with van der Waals surface area (Å²) < 4.78 is 5.65. The smallest absolute Gasteiger partial charge is 0.119 e. The minimum absolute atomic E-state index is 0.338. The first-order valence-corrected chi connectivity index (χ1v) is 7.60. The first kappa shape index (κ1) is 15.3. The molecule has 4 heteroatoms. The van der Waals surface area contributed by atoms with Gasteiger partial charge in [0.15, 0.2) is 0 Å². The monoisotopic (exact) mass is 278 g/mol. The van der Waals surface area contributed by atoms with Crippen molar-refractivity contribution < 1.29 is 9.84 Å². The largest absolute Gasteiger partial charge is 0.491 e. The maximum absolute atomic E-state index is 10.1. The molecular formula is C16H26N2O2. The van der Waals surface area contributed by atoms with Crippen molar-refractivity contribution >= 4 is 0 Å². The zero-order valence-corrected chi connectivity index (χ0v) is 12.1. The summed E-state index contributed by atoms with van der Waals surface area (Å²) in [6, 6.07) is 7.73. The van der Waals surface area contributed by atoms with Crippen LogP contribution in [0.3, 0.4) is 0 Å². The second-order valence-electron chi connectivity index (χ2n) is 5.53. The number of β-amino-alcohol motifs (C(OH)–C–C–N with tert-alkyl or cyclic N) is 1. The maximum Gasteiger partial charge on any atom is 0.119 e. The molecule has 0 amide bonds. The summed E-state index contributed by atoms with van der Waals surface area (Å²) in [5.74, 6) is 0.780. The fraction of sp³-hybridized carbons (Fsp3) is 0.625. The Balaban J connectivity index is 1.74. The Bertz CT molecular complexity index is 390. The Morgan fingerprint density at radius 1 is 1.20 bits per heavy atom. The summed E-state index contributed by atoms with van der Waals surface area (Å²) >= 11 is 0. The fourth-order valence-electron chi connectivity index (χ4n) is 2.62. The lowest BCUT2D eigenvalue weighted by molar-refractivity contribution is 0.0693. The lowest BCUT2D eigenvalue weighted by Crippen LogP contribution is -2.36. The Kier molecular flexibility index (Phi) is 6.30. The number of hydrogen-bond donors (Lipinski definition) is 2. The van der Waals surface area contributed by atoms with Crippen molar-refractivity contribution in [3.8, 4) is 5.75 Å². The quantitative estimate of drug-likeness (QED) is 0.832. The number of ether oxygens (including phenoxy) is 1. The van der Waals surface area contributed by atoms with Crippen molar-refractivity contribution in [1.29, 1.82) is 0 Å². The van der Waals surface area contributed by atoms with E-state index in [0.717, 1.165) is 24.4 Å². The number of aliphatic hydroxyl groups excluding tert-OH is 1. The van der Waals surface area contributed by atoms with Crippen molar-refractivity contribution in [1.82, 2.24) is 4.90 Å². The maximum atomic E-state index is 10.1. The highest BCUT2D eigenvalue weighted by Crippen LogP contribution is 2.14. The van der Waals surface area contributed by atoms with Gasteiger partial charge in [0.1, 0.15) is 18.5 Å². The Hall–Kier alpha value is -1.10. The van der Waals surface area contributed by atoms with Crippen molar-refractivity contribution in [2.45, 2.75) is 38.3 Å². The van der Waals surface area contributed by atoms with E-state index in [-0.39, 0.29) is 0 Å². The van der Waals surface area contributed by atoms with Gasteiger partial charge in [0.05, 0.1) is 0 Å². The van der Waals surface area contributed by atoms with Crippen LogP contribution in [0.4, 0.5) is 0 Å². The van der Waals surface area contributed by atoms with Crippen LogP contribution in [0.25, 0.3) is 0 Å². The molecule has 1 aromatic carbocycles. The van der Waals surface area contributed by atoms with Crippen LogP contribution < -0.4 is 10.5 Å². The summed E-state index contributed by atoms with van der Waals surface area (Å²) in [6.07, 6.45) is 4.68. The van der Waals surface area contributed by atoms with Gasteiger partial charge in [-0.3, -0.25) is 0 Å². The third-order valence-electron chi connectivity index (χ3n) is 3.74. The molecule has 3 N–H and O–H groups in total. The zero-order valence-electron chi connectivity index (χ0n) is 12.1. The van der Waals surface area contributed by atoms with Crippen LogP contribution in [0.1, 0.15) is 31.2 Å². The highest BCUT2D eigenvalue weighted by Gasteiger charge is 2.14. The molecule has 1 aliphatic heterocycles. The highest BCUT2D eigenvalue weighted by atomic mass is 16.5. The Morgan fingerprint density at radius 2 is 1.95 bits per heavy atom. The topological polar surface area (TPSA) is 58.7 Å². The van der Waals surface area contributed by atoms with Gasteiger partial charge in [-0.05, 0) is 43.6 Å². The molecule has 1 aliphatic rings. The number of nitrogens with zero attached hydrogens (tertiary/aromatic N) is 1. The van der Waals surface area contributed by atoms with Crippen LogP contribution >= 0.6 is 0 Å². The third-order valence-corrected chi connectivity index (χ3v) is 3.74. The molecule has 0 radical (unpaired) electrons. The summed E-state index contributed by atoms with van der Waals surface area (Å²) in [5.41, 5.74) is 6.65. The molecule has 1 fully saturated rings. The molecule has 1 aromatic rings. The normalized spacial score (nSPS) is 18.5. The van der Waals surface area contributed by atoms with E-state index in [1.54, 1.807) is 0 Å². The summed E-state index contributed by atoms with van der Waals surface area (Å²) in [7, 11) is 0. The van der Waals surface area contributed by atoms with Crippen molar-refractivity contribution in [3.63, 3.8) is 0 Å². The van der Waals surface area contributed by atoms with Crippen LogP contribution in [-0.4, -0.2) is 42.4 Å². The van der Waals surface area contributed by atoms with Gasteiger partial charge in [-0.2, -0.15) is 0 Å². The van der Waals surface area contributed by atoms with E-state index in [1.807, 2.05) is 24.3 Å². The molecule has 1 unspecified atom stereocenters. The minimum atomic E-state index is -0.436. The lowest BCUT2D eigenvalue weighted by atomic mass is 10.2. The number of nitrogens with two attached hydrogens (primary N) is 1. The van der Waals surface area contributed by atoms with Crippen LogP contribution in [0.15, 0.2) is 24.3 Å². The zero-order chi connectivity index (χ0) is 14.2. The van der Waals surface area contributed by atoms with Crippen LogP contribution in [0, 0.1) is 0 Å². The van der Waals surface area contributed by atoms with E-state index in [2.05, 4.69) is 4.90 Å². The van der Waals surface area contributed by atoms with E-state index in [0.29, 0.717) is 19.7 Å². The predicted molar refractivity (Wildman–Crippen MR) is 80.7 cm³/mol. The molecule has 1 atom stereocenters. The molecule has 1 heterocycles. The van der Waals surface area contributed by atoms with E-state index >= 15 is 0 Å². The molecule has 0 saturated carbocycles. The van der Waals surface area contributed by atoms with E-state index < -0.39 is 6.10 Å². The number of benzene rings is 1. The van der Waals surface area contributed by atoms with Gasteiger partial charge in [-0.1, -0.05) is 25.0 Å². The van der Waals surface area contributed by atoms with Gasteiger partial charge < -0.3 is 20.5 Å². The Labute approximate surface area is 121 Å².